The number of amides is 1. The van der Waals surface area contributed by atoms with Crippen molar-refractivity contribution in [2.75, 3.05) is 5.32 Å². The molecule has 24 heavy (non-hydrogen) atoms. The van der Waals surface area contributed by atoms with E-state index in [-0.39, 0.29) is 28.4 Å². The van der Waals surface area contributed by atoms with Crippen molar-refractivity contribution in [3.8, 4) is 0 Å². The van der Waals surface area contributed by atoms with E-state index >= 15 is 0 Å². The Balaban J connectivity index is 0.000000393. The van der Waals surface area contributed by atoms with Gasteiger partial charge in [-0.3, -0.25) is 4.79 Å². The van der Waals surface area contributed by atoms with Crippen LogP contribution < -0.4 is 10.8 Å². The summed E-state index contributed by atoms with van der Waals surface area (Å²) in [5, 5.41) is 20.3. The Morgan fingerprint density at radius 2 is 1.46 bits per heavy atom. The number of hydrogen-bond donors (Lipinski definition) is 3. The number of anilines is 1. The molecule has 3 aromatic carbocycles. The maximum absolute atomic E-state index is 10.7. The fourth-order valence-electron chi connectivity index (χ4n) is 1.67. The van der Waals surface area contributed by atoms with Crippen LogP contribution in [0.2, 0.25) is 0 Å². The number of para-hydroxylation sites is 1. The van der Waals surface area contributed by atoms with Crippen molar-refractivity contribution >= 4 is 24.2 Å². The van der Waals surface area contributed by atoms with Gasteiger partial charge in [-0.2, -0.15) is 18.2 Å². The summed E-state index contributed by atoms with van der Waals surface area (Å²) in [6, 6.07) is 26.5. The van der Waals surface area contributed by atoms with E-state index in [2.05, 4.69) is 5.32 Å². The van der Waals surface area contributed by atoms with Crippen LogP contribution in [-0.4, -0.2) is 23.1 Å². The molecule has 0 fully saturated rings. The molecule has 132 valence electrons. The van der Waals surface area contributed by atoms with Crippen LogP contribution in [0.4, 0.5) is 5.69 Å². The molecule has 3 N–H and O–H groups in total. The molecule has 1 amide bonds. The molecule has 0 radical (unpaired) electrons. The summed E-state index contributed by atoms with van der Waals surface area (Å²) < 4.78 is 0. The summed E-state index contributed by atoms with van der Waals surface area (Å²) in [7, 11) is -1.57. The van der Waals surface area contributed by atoms with E-state index in [1.807, 2.05) is 60.7 Å². The fourth-order valence-corrected chi connectivity index (χ4v) is 1.67. The molecule has 0 saturated heterocycles. The molecule has 0 saturated carbocycles. The topological polar surface area (TPSA) is 69.6 Å². The molecule has 0 aromatic heterocycles. The summed E-state index contributed by atoms with van der Waals surface area (Å²) in [6.07, 6.45) is 0. The minimum Gasteiger partial charge on any atom is -0.748 e. The largest absolute Gasteiger partial charge is 0.748 e. The van der Waals surface area contributed by atoms with E-state index in [9.17, 15) is 4.79 Å². The Labute approximate surface area is 153 Å². The predicted molar refractivity (Wildman–Crippen MR) is 94.6 cm³/mol. The van der Waals surface area contributed by atoms with E-state index in [4.69, 9.17) is 10.0 Å². The number of benzene rings is 1. The number of rotatable bonds is 2. The molecule has 0 aliphatic heterocycles. The molecule has 4 nitrogen and oxygen atoms in total. The Hall–Kier alpha value is -2.11. The van der Waals surface area contributed by atoms with Gasteiger partial charge in [0.25, 0.3) is 0 Å². The number of carbonyl (C=O) groups is 1. The Kier molecular flexibility index (Phi) is 12.2. The van der Waals surface area contributed by atoms with Gasteiger partial charge in [0.15, 0.2) is 0 Å². The first-order valence-electron chi connectivity index (χ1n) is 7.17. The van der Waals surface area contributed by atoms with Crippen LogP contribution in [0.3, 0.4) is 0 Å². The smallest absolute Gasteiger partial charge is 0.490 e. The first kappa shape index (κ1) is 21.9. The Morgan fingerprint density at radius 3 is 1.83 bits per heavy atom. The van der Waals surface area contributed by atoms with Gasteiger partial charge in [-0.15, -0.1) is 0 Å². The molecule has 0 aliphatic rings. The van der Waals surface area contributed by atoms with Crippen molar-refractivity contribution < 1.29 is 31.9 Å². The summed E-state index contributed by atoms with van der Waals surface area (Å²) >= 11 is 0. The summed E-state index contributed by atoms with van der Waals surface area (Å²) in [4.78, 5) is 10.7. The van der Waals surface area contributed by atoms with Crippen LogP contribution in [0, 0.1) is 0 Å². The Morgan fingerprint density at radius 1 is 0.958 bits per heavy atom. The van der Waals surface area contributed by atoms with Crippen LogP contribution in [-0.2, 0) is 21.9 Å². The standard InChI is InChI=1S/C8H10BNO3.2C5H5.Fe/c1-6(11)10-8-5-3-2-4-7(8)9(12)13;2*1-2-4-5-3-1;/h2-5,12-13H,1H3,(H,10,11);2*1-5H;/q;-5;-1;. The van der Waals surface area contributed by atoms with Gasteiger partial charge < -0.3 is 45.7 Å². The molecular weight excluding hydrogens is 345 g/mol. The molecule has 0 spiro atoms. The van der Waals surface area contributed by atoms with Crippen LogP contribution in [0.15, 0.2) is 84.9 Å². The first-order valence-corrected chi connectivity index (χ1v) is 7.17. The average molecular weight is 365 g/mol. The number of hydrogen-bond acceptors (Lipinski definition) is 3. The monoisotopic (exact) mass is 365 g/mol. The summed E-state index contributed by atoms with van der Waals surface area (Å²) in [5.74, 6) is -0.242. The van der Waals surface area contributed by atoms with Gasteiger partial charge in [0, 0.05) is 35.1 Å². The van der Waals surface area contributed by atoms with Crippen molar-refractivity contribution in [2.45, 2.75) is 6.92 Å². The quantitative estimate of drug-likeness (QED) is 0.482. The molecular formula is C18H20BFeNO3-6. The zero-order valence-electron chi connectivity index (χ0n) is 13.3. The SMILES string of the molecule is CC(=O)Nc1ccccc1B(O)O.[Fe].[cH-]1[cH-][cH-][cH-][cH-]1.c1cc[cH-]c1. The third kappa shape index (κ3) is 9.82. The van der Waals surface area contributed by atoms with Gasteiger partial charge in [-0.05, 0) is 6.07 Å². The second-order valence-electron chi connectivity index (χ2n) is 4.57. The van der Waals surface area contributed by atoms with Crippen LogP contribution in [0.1, 0.15) is 6.92 Å². The molecule has 3 aromatic rings. The maximum atomic E-state index is 10.7. The zero-order valence-corrected chi connectivity index (χ0v) is 14.4. The molecule has 6 heteroatoms. The maximum Gasteiger partial charge on any atom is 0.490 e. The molecule has 0 atom stereocenters. The number of nitrogens with one attached hydrogen (secondary N) is 1. The zero-order chi connectivity index (χ0) is 16.9. The first-order chi connectivity index (χ1) is 11.1. The van der Waals surface area contributed by atoms with E-state index in [1.54, 1.807) is 18.2 Å². The summed E-state index contributed by atoms with van der Waals surface area (Å²) in [5.41, 5.74) is 0.711. The number of carbonyl (C=O) groups excluding carboxylic acids is 1. The van der Waals surface area contributed by atoms with Crippen LogP contribution >= 0.6 is 0 Å². The molecule has 0 aliphatic carbocycles. The van der Waals surface area contributed by atoms with Gasteiger partial charge >= 0.3 is 7.12 Å². The van der Waals surface area contributed by atoms with E-state index < -0.39 is 7.12 Å². The van der Waals surface area contributed by atoms with Crippen LogP contribution in [0.5, 0.6) is 0 Å². The van der Waals surface area contributed by atoms with Crippen molar-refractivity contribution in [2.24, 2.45) is 0 Å². The van der Waals surface area contributed by atoms with Gasteiger partial charge in [0.1, 0.15) is 0 Å². The van der Waals surface area contributed by atoms with Gasteiger partial charge in [0.05, 0.1) is 0 Å². The van der Waals surface area contributed by atoms with Gasteiger partial charge in [-0.1, -0.05) is 18.2 Å². The van der Waals surface area contributed by atoms with E-state index in [0.717, 1.165) is 0 Å². The second-order valence-corrected chi connectivity index (χ2v) is 4.57. The predicted octanol–water partition coefficient (Wildman–Crippen LogP) is 2.13. The Bertz CT molecular complexity index is 579. The van der Waals surface area contributed by atoms with E-state index in [1.165, 1.54) is 13.0 Å². The van der Waals surface area contributed by atoms with E-state index in [0.29, 0.717) is 5.69 Å². The van der Waals surface area contributed by atoms with Crippen molar-refractivity contribution in [1.82, 2.24) is 0 Å². The van der Waals surface area contributed by atoms with Gasteiger partial charge in [-0.25, -0.2) is 12.1 Å². The van der Waals surface area contributed by atoms with Crippen LogP contribution in [0.25, 0.3) is 0 Å². The van der Waals surface area contributed by atoms with Crippen molar-refractivity contribution in [3.05, 3.63) is 84.9 Å². The van der Waals surface area contributed by atoms with Gasteiger partial charge in [0.2, 0.25) is 5.91 Å². The summed E-state index contributed by atoms with van der Waals surface area (Å²) in [6.45, 7) is 1.36. The van der Waals surface area contributed by atoms with Crippen molar-refractivity contribution in [1.29, 1.82) is 0 Å². The molecule has 0 heterocycles. The molecule has 0 unspecified atom stereocenters. The molecule has 3 rings (SSSR count). The second kappa shape index (κ2) is 13.3. The minimum absolute atomic E-state index is 0. The van der Waals surface area contributed by atoms with Crippen molar-refractivity contribution in [3.63, 3.8) is 0 Å². The fraction of sp³-hybridized carbons (Fsp3) is 0.0556. The average Bonchev–Trinajstić information content (AvgIpc) is 3.25. The minimum atomic E-state index is -1.57. The third-order valence-electron chi connectivity index (χ3n) is 2.66. The molecule has 0 bridgehead atoms. The third-order valence-corrected chi connectivity index (χ3v) is 2.66. The normalized spacial score (nSPS) is 8.46.